The van der Waals surface area contributed by atoms with Gasteiger partial charge in [0, 0.05) is 6.42 Å². The minimum Gasteiger partial charge on any atom is -0.323 e. The van der Waals surface area contributed by atoms with E-state index in [4.69, 9.17) is 0 Å². The summed E-state index contributed by atoms with van der Waals surface area (Å²) in [6.45, 7) is 9.52. The zero-order chi connectivity index (χ0) is 11.6. The number of carbonyl (C=O) groups is 2. The van der Waals surface area contributed by atoms with Gasteiger partial charge >= 0.3 is 0 Å². The fourth-order valence-corrected chi connectivity index (χ4v) is 1.66. The zero-order valence-electron chi connectivity index (χ0n) is 9.52. The third kappa shape index (κ3) is 2.78. The molecular formula is C12H17NO2. The van der Waals surface area contributed by atoms with E-state index in [1.165, 1.54) is 0 Å². The van der Waals surface area contributed by atoms with Crippen LogP contribution < -0.4 is 5.32 Å². The second-order valence-corrected chi connectivity index (χ2v) is 4.56. The Morgan fingerprint density at radius 1 is 1.60 bits per heavy atom. The first kappa shape index (κ1) is 11.7. The zero-order valence-corrected chi connectivity index (χ0v) is 9.52. The Labute approximate surface area is 90.2 Å². The molecule has 0 unspecified atom stereocenters. The quantitative estimate of drug-likeness (QED) is 0.703. The summed E-state index contributed by atoms with van der Waals surface area (Å²) < 4.78 is 0. The lowest BCUT2D eigenvalue weighted by molar-refractivity contribution is -0.122. The van der Waals surface area contributed by atoms with E-state index in [0.29, 0.717) is 24.1 Å². The molecule has 1 aliphatic rings. The molecule has 0 spiro atoms. The van der Waals surface area contributed by atoms with Crippen LogP contribution in [0.1, 0.15) is 33.6 Å². The summed E-state index contributed by atoms with van der Waals surface area (Å²) in [4.78, 5) is 22.9. The molecule has 0 heterocycles. The molecule has 1 rings (SSSR count). The molecule has 0 saturated heterocycles. The number of ketones is 1. The van der Waals surface area contributed by atoms with Crippen LogP contribution in [-0.2, 0) is 9.59 Å². The maximum atomic E-state index is 11.7. The van der Waals surface area contributed by atoms with Gasteiger partial charge in [0.05, 0.1) is 5.70 Å². The fourth-order valence-electron chi connectivity index (χ4n) is 1.66. The van der Waals surface area contributed by atoms with E-state index in [9.17, 15) is 9.59 Å². The number of carbonyl (C=O) groups excluding carboxylic acids is 2. The Bertz CT molecular complexity index is 351. The molecule has 1 N–H and O–H groups in total. The van der Waals surface area contributed by atoms with Gasteiger partial charge in [-0.1, -0.05) is 33.4 Å². The number of hydrogen-bond acceptors (Lipinski definition) is 2. The molecule has 0 saturated carbocycles. The standard InChI is InChI=1S/C12H17NO2/c1-5-10(14)13-9-7-12(3,4)6-8(2)11(9)15/h7H,2,5-6H2,1,3-4H3,(H,13,14). The lowest BCUT2D eigenvalue weighted by atomic mass is 9.79. The topological polar surface area (TPSA) is 46.2 Å². The molecule has 3 nitrogen and oxygen atoms in total. The van der Waals surface area contributed by atoms with Crippen molar-refractivity contribution in [3.8, 4) is 0 Å². The molecule has 3 heteroatoms. The normalized spacial score (nSPS) is 19.8. The SMILES string of the molecule is C=C1CC(C)(C)C=C(NC(=O)CC)C1=O. The molecular weight excluding hydrogens is 190 g/mol. The molecule has 82 valence electrons. The lowest BCUT2D eigenvalue weighted by Crippen LogP contribution is -2.33. The molecule has 1 aliphatic carbocycles. The van der Waals surface area contributed by atoms with Crippen molar-refractivity contribution in [1.29, 1.82) is 0 Å². The van der Waals surface area contributed by atoms with Gasteiger partial charge in [-0.25, -0.2) is 0 Å². The van der Waals surface area contributed by atoms with Crippen LogP contribution in [0.15, 0.2) is 23.9 Å². The van der Waals surface area contributed by atoms with E-state index in [2.05, 4.69) is 11.9 Å². The predicted octanol–water partition coefficient (Wildman–Crippen LogP) is 1.95. The van der Waals surface area contributed by atoms with Crippen molar-refractivity contribution in [1.82, 2.24) is 5.32 Å². The van der Waals surface area contributed by atoms with E-state index < -0.39 is 0 Å². The molecule has 0 aromatic heterocycles. The number of amides is 1. The average Bonchev–Trinajstić information content (AvgIpc) is 2.12. The van der Waals surface area contributed by atoms with Gasteiger partial charge in [0.15, 0.2) is 0 Å². The summed E-state index contributed by atoms with van der Waals surface area (Å²) >= 11 is 0. The van der Waals surface area contributed by atoms with Crippen LogP contribution in [0.3, 0.4) is 0 Å². The first-order valence-corrected chi connectivity index (χ1v) is 5.11. The monoisotopic (exact) mass is 207 g/mol. The molecule has 0 aromatic carbocycles. The minimum atomic E-state index is -0.142. The predicted molar refractivity (Wildman–Crippen MR) is 59.1 cm³/mol. The summed E-state index contributed by atoms with van der Waals surface area (Å²) in [5.41, 5.74) is 0.832. The van der Waals surface area contributed by atoms with Gasteiger partial charge in [-0.05, 0) is 17.4 Å². The number of allylic oxidation sites excluding steroid dienone is 2. The number of hydrogen-bond donors (Lipinski definition) is 1. The van der Waals surface area contributed by atoms with Gasteiger partial charge in [-0.15, -0.1) is 0 Å². The fraction of sp³-hybridized carbons (Fsp3) is 0.500. The lowest BCUT2D eigenvalue weighted by Gasteiger charge is -2.28. The maximum Gasteiger partial charge on any atom is 0.224 e. The summed E-state index contributed by atoms with van der Waals surface area (Å²) in [5, 5.41) is 2.62. The van der Waals surface area contributed by atoms with Crippen LogP contribution in [0, 0.1) is 5.41 Å². The van der Waals surface area contributed by atoms with Crippen molar-refractivity contribution in [2.75, 3.05) is 0 Å². The van der Waals surface area contributed by atoms with E-state index in [1.807, 2.05) is 19.9 Å². The number of nitrogens with one attached hydrogen (secondary N) is 1. The molecule has 0 fully saturated rings. The van der Waals surface area contributed by atoms with Crippen molar-refractivity contribution < 1.29 is 9.59 Å². The Hall–Kier alpha value is -1.38. The third-order valence-electron chi connectivity index (χ3n) is 2.37. The highest BCUT2D eigenvalue weighted by atomic mass is 16.2. The molecule has 0 atom stereocenters. The Morgan fingerprint density at radius 2 is 2.20 bits per heavy atom. The van der Waals surface area contributed by atoms with Crippen LogP contribution >= 0.6 is 0 Å². The van der Waals surface area contributed by atoms with Crippen LogP contribution in [-0.4, -0.2) is 11.7 Å². The van der Waals surface area contributed by atoms with E-state index in [1.54, 1.807) is 6.92 Å². The van der Waals surface area contributed by atoms with Crippen molar-refractivity contribution in [2.45, 2.75) is 33.6 Å². The first-order valence-electron chi connectivity index (χ1n) is 5.11. The van der Waals surface area contributed by atoms with E-state index in [0.717, 1.165) is 0 Å². The summed E-state index contributed by atoms with van der Waals surface area (Å²) in [6.07, 6.45) is 2.84. The van der Waals surface area contributed by atoms with Gasteiger partial charge in [0.1, 0.15) is 0 Å². The highest BCUT2D eigenvalue weighted by Gasteiger charge is 2.29. The summed E-state index contributed by atoms with van der Waals surface area (Å²) in [7, 11) is 0. The van der Waals surface area contributed by atoms with Crippen molar-refractivity contribution >= 4 is 11.7 Å². The summed E-state index contributed by atoms with van der Waals surface area (Å²) in [6, 6.07) is 0. The van der Waals surface area contributed by atoms with Gasteiger partial charge in [0.2, 0.25) is 11.7 Å². The Morgan fingerprint density at radius 3 is 2.73 bits per heavy atom. The van der Waals surface area contributed by atoms with Gasteiger partial charge < -0.3 is 5.32 Å². The minimum absolute atomic E-state index is 0.110. The highest BCUT2D eigenvalue weighted by molar-refractivity contribution is 6.10. The smallest absolute Gasteiger partial charge is 0.224 e. The van der Waals surface area contributed by atoms with Crippen LogP contribution in [0.4, 0.5) is 0 Å². The molecule has 15 heavy (non-hydrogen) atoms. The van der Waals surface area contributed by atoms with Crippen LogP contribution in [0.25, 0.3) is 0 Å². The molecule has 1 amide bonds. The van der Waals surface area contributed by atoms with Crippen molar-refractivity contribution in [3.63, 3.8) is 0 Å². The van der Waals surface area contributed by atoms with E-state index >= 15 is 0 Å². The molecule has 0 aliphatic heterocycles. The van der Waals surface area contributed by atoms with Gasteiger partial charge in [-0.3, -0.25) is 9.59 Å². The second-order valence-electron chi connectivity index (χ2n) is 4.56. The van der Waals surface area contributed by atoms with Gasteiger partial charge in [-0.2, -0.15) is 0 Å². The average molecular weight is 207 g/mol. The van der Waals surface area contributed by atoms with Gasteiger partial charge in [0.25, 0.3) is 0 Å². The first-order chi connectivity index (χ1) is 6.85. The molecule has 0 bridgehead atoms. The highest BCUT2D eigenvalue weighted by Crippen LogP contribution is 2.32. The van der Waals surface area contributed by atoms with Crippen molar-refractivity contribution in [3.05, 3.63) is 23.9 Å². The van der Waals surface area contributed by atoms with Crippen LogP contribution in [0.5, 0.6) is 0 Å². The second kappa shape index (κ2) is 4.01. The Balaban J connectivity index is 2.94. The largest absolute Gasteiger partial charge is 0.323 e. The molecule has 0 radical (unpaired) electrons. The van der Waals surface area contributed by atoms with E-state index in [-0.39, 0.29) is 17.1 Å². The molecule has 0 aromatic rings. The Kier molecular flexibility index (Phi) is 3.12. The third-order valence-corrected chi connectivity index (χ3v) is 2.37. The summed E-state index contributed by atoms with van der Waals surface area (Å²) in [5.74, 6) is -0.281. The van der Waals surface area contributed by atoms with Crippen LogP contribution in [0.2, 0.25) is 0 Å². The number of Topliss-reactive ketones (excluding diaryl/α,β-unsaturated/α-hetero) is 1. The number of rotatable bonds is 2. The van der Waals surface area contributed by atoms with Crippen molar-refractivity contribution in [2.24, 2.45) is 5.41 Å². The maximum absolute atomic E-state index is 11.7.